The summed E-state index contributed by atoms with van der Waals surface area (Å²) in [6, 6.07) is 0. The number of unbranched alkanes of at least 4 members (excludes halogenated alkanes) is 4. The minimum atomic E-state index is -0.328. The molecule has 1 fully saturated rings. The summed E-state index contributed by atoms with van der Waals surface area (Å²) in [6.07, 6.45) is 6.75. The highest BCUT2D eigenvalue weighted by atomic mass is 32.2. The van der Waals surface area contributed by atoms with Crippen molar-refractivity contribution in [2.45, 2.75) is 70.0 Å². The third-order valence-corrected chi connectivity index (χ3v) is 7.35. The number of likely N-dealkylation sites (tertiary alicyclic amines) is 1. The van der Waals surface area contributed by atoms with E-state index in [4.69, 9.17) is 18.9 Å². The molecule has 2 N–H and O–H groups in total. The van der Waals surface area contributed by atoms with Gasteiger partial charge >= 0.3 is 0 Å². The molecule has 1 saturated heterocycles. The summed E-state index contributed by atoms with van der Waals surface area (Å²) in [7, 11) is 1.94. The van der Waals surface area contributed by atoms with Crippen LogP contribution < -0.4 is 10.6 Å². The van der Waals surface area contributed by atoms with E-state index in [0.717, 1.165) is 45.1 Å². The van der Waals surface area contributed by atoms with Gasteiger partial charge in [-0.05, 0) is 46.2 Å². The second-order valence-electron chi connectivity index (χ2n) is 9.67. The fourth-order valence-electron chi connectivity index (χ4n) is 3.93. The number of hydrogen-bond donors (Lipinski definition) is 2. The second-order valence-corrected chi connectivity index (χ2v) is 11.0. The lowest BCUT2D eigenvalue weighted by Crippen LogP contribution is -2.32. The number of ketones is 1. The largest absolute Gasteiger partial charge is 0.379 e. The first-order chi connectivity index (χ1) is 19.5. The van der Waals surface area contributed by atoms with E-state index < -0.39 is 0 Å². The van der Waals surface area contributed by atoms with Gasteiger partial charge in [0.2, 0.25) is 17.7 Å². The number of nitrogens with zero attached hydrogens (tertiary/aromatic N) is 1. The van der Waals surface area contributed by atoms with E-state index in [0.29, 0.717) is 84.5 Å². The Morgan fingerprint density at radius 3 is 2.05 bits per heavy atom. The first kappa shape index (κ1) is 36.5. The van der Waals surface area contributed by atoms with Crippen LogP contribution >= 0.6 is 11.8 Å². The number of carbonyl (C=O) groups is 4. The summed E-state index contributed by atoms with van der Waals surface area (Å²) in [6.45, 7) is 7.30. The summed E-state index contributed by atoms with van der Waals surface area (Å²) < 4.78 is 21.9. The molecule has 12 heteroatoms. The molecule has 1 aliphatic heterocycles. The van der Waals surface area contributed by atoms with E-state index in [1.165, 1.54) is 16.7 Å². The zero-order valence-corrected chi connectivity index (χ0v) is 25.4. The molecule has 0 aromatic heterocycles. The zero-order valence-electron chi connectivity index (χ0n) is 24.5. The maximum absolute atomic E-state index is 12.5. The average molecular weight is 590 g/mol. The Labute approximate surface area is 244 Å². The van der Waals surface area contributed by atoms with Crippen molar-refractivity contribution in [2.24, 2.45) is 0 Å². The Bertz CT molecular complexity index is 713. The van der Waals surface area contributed by atoms with Gasteiger partial charge in [-0.25, -0.2) is 0 Å². The summed E-state index contributed by atoms with van der Waals surface area (Å²) >= 11 is 1.46. The molecular formula is C28H51N3O8S. The highest BCUT2D eigenvalue weighted by molar-refractivity contribution is 8.00. The minimum absolute atomic E-state index is 0.0159. The van der Waals surface area contributed by atoms with Crippen LogP contribution in [0.2, 0.25) is 0 Å². The summed E-state index contributed by atoms with van der Waals surface area (Å²) in [5.74, 6) is 0.603. The quantitative estimate of drug-likeness (QED) is 0.103. The number of amides is 3. The Balaban J connectivity index is 1.85. The predicted octanol–water partition coefficient (Wildman–Crippen LogP) is 1.96. The molecule has 232 valence electrons. The van der Waals surface area contributed by atoms with Crippen LogP contribution in [0.1, 0.15) is 64.7 Å². The van der Waals surface area contributed by atoms with Crippen LogP contribution in [-0.4, -0.2) is 119 Å². The van der Waals surface area contributed by atoms with Gasteiger partial charge in [-0.1, -0.05) is 12.8 Å². The molecule has 1 heterocycles. The van der Waals surface area contributed by atoms with Crippen molar-refractivity contribution < 1.29 is 38.1 Å². The van der Waals surface area contributed by atoms with Crippen molar-refractivity contribution in [3.63, 3.8) is 0 Å². The van der Waals surface area contributed by atoms with Crippen molar-refractivity contribution in [1.82, 2.24) is 15.5 Å². The first-order valence-corrected chi connectivity index (χ1v) is 15.7. The fraction of sp³-hybridized carbons (Fsp3) is 0.857. The highest BCUT2D eigenvalue weighted by Gasteiger charge is 2.38. The summed E-state index contributed by atoms with van der Waals surface area (Å²) in [4.78, 5) is 48.7. The van der Waals surface area contributed by atoms with E-state index in [1.807, 2.05) is 7.05 Å². The third kappa shape index (κ3) is 19.5. The first-order valence-electron chi connectivity index (χ1n) is 14.6. The molecule has 40 heavy (non-hydrogen) atoms. The predicted molar refractivity (Wildman–Crippen MR) is 155 cm³/mol. The van der Waals surface area contributed by atoms with Crippen LogP contribution in [0.4, 0.5) is 0 Å². The number of ether oxygens (including phenoxy) is 4. The molecular weight excluding hydrogens is 538 g/mol. The fourth-order valence-corrected chi connectivity index (χ4v) is 4.96. The molecule has 1 rings (SSSR count). The van der Waals surface area contributed by atoms with Crippen molar-refractivity contribution in [1.29, 1.82) is 0 Å². The topological polar surface area (TPSA) is 132 Å². The van der Waals surface area contributed by atoms with Gasteiger partial charge in [-0.2, -0.15) is 0 Å². The molecule has 1 aliphatic rings. The van der Waals surface area contributed by atoms with Crippen LogP contribution in [0, 0.1) is 0 Å². The molecule has 0 aromatic carbocycles. The number of nitrogens with one attached hydrogen (secondary N) is 2. The Kier molecular flexibility index (Phi) is 22.9. The lowest BCUT2D eigenvalue weighted by molar-refractivity contribution is -0.138. The van der Waals surface area contributed by atoms with Gasteiger partial charge in [0.1, 0.15) is 5.78 Å². The smallest absolute Gasteiger partial charge is 0.242 e. The van der Waals surface area contributed by atoms with Crippen LogP contribution in [0.25, 0.3) is 0 Å². The van der Waals surface area contributed by atoms with Crippen LogP contribution in [0.3, 0.4) is 0 Å². The maximum Gasteiger partial charge on any atom is 0.242 e. The zero-order chi connectivity index (χ0) is 29.3. The minimum Gasteiger partial charge on any atom is -0.379 e. The monoisotopic (exact) mass is 589 g/mol. The van der Waals surface area contributed by atoms with E-state index in [1.54, 1.807) is 6.92 Å². The van der Waals surface area contributed by atoms with Crippen LogP contribution in [0.15, 0.2) is 0 Å². The van der Waals surface area contributed by atoms with Gasteiger partial charge in [0.25, 0.3) is 0 Å². The van der Waals surface area contributed by atoms with E-state index in [9.17, 15) is 19.2 Å². The molecule has 0 aliphatic carbocycles. The maximum atomic E-state index is 12.5. The van der Waals surface area contributed by atoms with Gasteiger partial charge in [-0.3, -0.25) is 19.3 Å². The van der Waals surface area contributed by atoms with E-state index in [2.05, 4.69) is 10.6 Å². The second kappa shape index (κ2) is 25.2. The Morgan fingerprint density at radius 1 is 0.800 bits per heavy atom. The molecule has 3 amide bonds. The molecule has 0 radical (unpaired) electrons. The van der Waals surface area contributed by atoms with E-state index >= 15 is 0 Å². The molecule has 0 bridgehead atoms. The lowest BCUT2D eigenvalue weighted by atomic mass is 10.1. The number of imide groups is 1. The molecule has 0 saturated carbocycles. The van der Waals surface area contributed by atoms with Gasteiger partial charge in [0.15, 0.2) is 0 Å². The van der Waals surface area contributed by atoms with Crippen LogP contribution in [-0.2, 0) is 38.1 Å². The Hall–Kier alpha value is -1.57. The molecule has 1 atom stereocenters. The highest BCUT2D eigenvalue weighted by Crippen LogP contribution is 2.25. The molecule has 0 spiro atoms. The van der Waals surface area contributed by atoms with Crippen molar-refractivity contribution >= 4 is 35.3 Å². The number of rotatable bonds is 28. The lowest BCUT2D eigenvalue weighted by Gasteiger charge is -2.14. The SMILES string of the molecule is CNCCCCCNC(=O)CCOCCOCCOCCOCCSC1CC(=O)N(CCCCCC(C)=O)C1=O. The number of Topliss-reactive ketones (excluding diaryl/α,β-unsaturated/α-hetero) is 1. The number of thioether (sulfide) groups is 1. The third-order valence-electron chi connectivity index (χ3n) is 6.18. The van der Waals surface area contributed by atoms with Gasteiger partial charge < -0.3 is 34.4 Å². The molecule has 11 nitrogen and oxygen atoms in total. The number of carbonyl (C=O) groups excluding carboxylic acids is 4. The average Bonchev–Trinajstić information content (AvgIpc) is 3.19. The molecule has 1 unspecified atom stereocenters. The van der Waals surface area contributed by atoms with Crippen molar-refractivity contribution in [3.8, 4) is 0 Å². The Morgan fingerprint density at radius 2 is 1.40 bits per heavy atom. The van der Waals surface area contributed by atoms with Crippen molar-refractivity contribution in [2.75, 3.05) is 85.3 Å². The van der Waals surface area contributed by atoms with Gasteiger partial charge in [0.05, 0.1) is 58.1 Å². The van der Waals surface area contributed by atoms with Gasteiger partial charge in [-0.15, -0.1) is 11.8 Å². The van der Waals surface area contributed by atoms with Crippen molar-refractivity contribution in [3.05, 3.63) is 0 Å². The summed E-state index contributed by atoms with van der Waals surface area (Å²) in [5.41, 5.74) is 0. The van der Waals surface area contributed by atoms with Crippen LogP contribution in [0.5, 0.6) is 0 Å². The molecule has 0 aromatic rings. The standard InChI is InChI=1S/C28H51N3O8S/c1-24(32)9-5-3-8-13-31-27(34)23-25(28(31)35)40-22-21-39-20-19-38-18-17-37-16-15-36-14-10-26(33)30-12-7-4-6-11-29-2/h25,29H,3-23H2,1-2H3,(H,30,33). The van der Waals surface area contributed by atoms with E-state index in [-0.39, 0.29) is 35.2 Å². The van der Waals surface area contributed by atoms with Gasteiger partial charge in [0, 0.05) is 38.1 Å². The number of hydrogen-bond acceptors (Lipinski definition) is 10. The normalized spacial score (nSPS) is 15.2. The summed E-state index contributed by atoms with van der Waals surface area (Å²) in [5, 5.41) is 5.68.